The summed E-state index contributed by atoms with van der Waals surface area (Å²) in [5.74, 6) is -1.08. The smallest absolute Gasteiger partial charge is 0.416 e. The van der Waals surface area contributed by atoms with Gasteiger partial charge in [0.05, 0.1) is 21.2 Å². The fraction of sp³-hybridized carbons (Fsp3) is 0.0833. The summed E-state index contributed by atoms with van der Waals surface area (Å²) >= 11 is 7.73. The first kappa shape index (κ1) is 27.8. The molecule has 0 unspecified atom stereocenters. The Morgan fingerprint density at radius 2 is 1.92 bits per heavy atom. The maximum Gasteiger partial charge on any atom is 0.416 e. The topological polar surface area (TPSA) is 114 Å². The van der Waals surface area contributed by atoms with Gasteiger partial charge in [0, 0.05) is 16.8 Å². The zero-order valence-corrected chi connectivity index (χ0v) is 21.5. The van der Waals surface area contributed by atoms with Crippen LogP contribution in [0.1, 0.15) is 11.1 Å². The quantitative estimate of drug-likeness (QED) is 0.0956. The molecule has 0 saturated heterocycles. The van der Waals surface area contributed by atoms with Gasteiger partial charge in [-0.2, -0.15) is 18.4 Å². The monoisotopic (exact) mass is 643 g/mol. The molecule has 1 amide bonds. The van der Waals surface area contributed by atoms with Gasteiger partial charge in [-0.3, -0.25) is 14.9 Å². The Kier molecular flexibility index (Phi) is 8.61. The molecule has 0 heterocycles. The number of carbonyl (C=O) groups is 1. The summed E-state index contributed by atoms with van der Waals surface area (Å²) in [5, 5.41) is 23.8. The highest BCUT2D eigenvalue weighted by Crippen LogP contribution is 2.42. The van der Waals surface area contributed by atoms with Gasteiger partial charge in [0.25, 0.3) is 5.91 Å². The summed E-state index contributed by atoms with van der Waals surface area (Å²) < 4.78 is 50.2. The van der Waals surface area contributed by atoms with Gasteiger partial charge in [0.1, 0.15) is 11.6 Å². The number of amides is 1. The molecule has 37 heavy (non-hydrogen) atoms. The number of ether oxygens (including phenoxy) is 2. The summed E-state index contributed by atoms with van der Waals surface area (Å²) in [7, 11) is 1.28. The van der Waals surface area contributed by atoms with E-state index in [1.54, 1.807) is 18.2 Å². The van der Waals surface area contributed by atoms with E-state index in [0.717, 1.165) is 6.07 Å². The minimum absolute atomic E-state index is 0.00926. The number of alkyl halides is 3. The van der Waals surface area contributed by atoms with Crippen molar-refractivity contribution < 1.29 is 32.4 Å². The first-order valence-electron chi connectivity index (χ1n) is 10.0. The molecule has 190 valence electrons. The number of rotatable bonds is 7. The van der Waals surface area contributed by atoms with Crippen LogP contribution in [0.25, 0.3) is 6.08 Å². The van der Waals surface area contributed by atoms with Crippen LogP contribution in [0.2, 0.25) is 5.02 Å². The standard InChI is InChI=1S/C24H14ClF3IN3O5/c1-36-21-9-13(7-14(12-30)23(33)31-17-4-2-3-16(25)11-17)8-18(29)22(21)37-20-6-5-15(24(26,27)28)10-19(20)32(34)35/h2-11H,1H3,(H,31,33)/b14-7+. The second-order valence-electron chi connectivity index (χ2n) is 7.21. The minimum atomic E-state index is -4.78. The van der Waals surface area contributed by atoms with Gasteiger partial charge in [-0.05, 0) is 76.7 Å². The Labute approximate surface area is 226 Å². The summed E-state index contributed by atoms with van der Waals surface area (Å²) in [4.78, 5) is 23.0. The Bertz CT molecular complexity index is 1450. The molecule has 0 spiro atoms. The SMILES string of the molecule is COc1cc(/C=C(\C#N)C(=O)Nc2cccc(Cl)c2)cc(I)c1Oc1ccc(C(F)(F)F)cc1[N+](=O)[O-]. The maximum atomic E-state index is 13.0. The molecule has 0 atom stereocenters. The number of nitro benzene ring substituents is 1. The van der Waals surface area contributed by atoms with Crippen molar-refractivity contribution in [2.75, 3.05) is 12.4 Å². The third-order valence-electron chi connectivity index (χ3n) is 4.71. The van der Waals surface area contributed by atoms with Crippen LogP contribution in [-0.4, -0.2) is 17.9 Å². The van der Waals surface area contributed by atoms with Crippen LogP contribution in [0.4, 0.5) is 24.5 Å². The molecule has 0 aromatic heterocycles. The van der Waals surface area contributed by atoms with E-state index in [1.807, 2.05) is 28.7 Å². The minimum Gasteiger partial charge on any atom is -0.493 e. The lowest BCUT2D eigenvalue weighted by molar-refractivity contribution is -0.385. The van der Waals surface area contributed by atoms with Gasteiger partial charge >= 0.3 is 11.9 Å². The van der Waals surface area contributed by atoms with Gasteiger partial charge in [-0.15, -0.1) is 0 Å². The molecular weight excluding hydrogens is 630 g/mol. The average Bonchev–Trinajstić information content (AvgIpc) is 2.83. The molecule has 13 heteroatoms. The van der Waals surface area contributed by atoms with E-state index in [1.165, 1.54) is 31.4 Å². The molecule has 3 aromatic rings. The third-order valence-corrected chi connectivity index (χ3v) is 5.74. The molecule has 0 bridgehead atoms. The summed E-state index contributed by atoms with van der Waals surface area (Å²) in [6.07, 6.45) is -3.49. The lowest BCUT2D eigenvalue weighted by Crippen LogP contribution is -2.13. The number of anilines is 1. The maximum absolute atomic E-state index is 13.0. The Morgan fingerprint density at radius 3 is 2.51 bits per heavy atom. The molecule has 0 radical (unpaired) electrons. The lowest BCUT2D eigenvalue weighted by Gasteiger charge is -2.14. The Balaban J connectivity index is 1.95. The van der Waals surface area contributed by atoms with Crippen LogP contribution in [0.3, 0.4) is 0 Å². The number of nitrogens with one attached hydrogen (secondary N) is 1. The highest BCUT2D eigenvalue weighted by Gasteiger charge is 2.33. The van der Waals surface area contributed by atoms with Crippen LogP contribution in [-0.2, 0) is 11.0 Å². The fourth-order valence-electron chi connectivity index (χ4n) is 3.03. The predicted molar refractivity (Wildman–Crippen MR) is 138 cm³/mol. The van der Waals surface area contributed by atoms with Crippen molar-refractivity contribution >= 4 is 57.5 Å². The number of hydrogen-bond acceptors (Lipinski definition) is 6. The van der Waals surface area contributed by atoms with Crippen LogP contribution >= 0.6 is 34.2 Å². The number of nitrogens with zero attached hydrogens (tertiary/aromatic N) is 2. The van der Waals surface area contributed by atoms with Crippen molar-refractivity contribution in [1.82, 2.24) is 0 Å². The van der Waals surface area contributed by atoms with E-state index in [-0.39, 0.29) is 17.1 Å². The number of hydrogen-bond donors (Lipinski definition) is 1. The molecule has 1 N–H and O–H groups in total. The molecule has 0 fully saturated rings. The van der Waals surface area contributed by atoms with Crippen LogP contribution in [0, 0.1) is 25.0 Å². The van der Waals surface area contributed by atoms with Gasteiger partial charge in [-0.1, -0.05) is 17.7 Å². The number of carbonyl (C=O) groups excluding carboxylic acids is 1. The summed E-state index contributed by atoms with van der Waals surface area (Å²) in [5.41, 5.74) is -1.60. The van der Waals surface area contributed by atoms with E-state index < -0.39 is 34.0 Å². The molecule has 3 aromatic carbocycles. The van der Waals surface area contributed by atoms with Crippen LogP contribution in [0.5, 0.6) is 17.2 Å². The number of nitro groups is 1. The number of halogens is 5. The van der Waals surface area contributed by atoms with Crippen molar-refractivity contribution in [2.24, 2.45) is 0 Å². The van der Waals surface area contributed by atoms with Crippen molar-refractivity contribution in [2.45, 2.75) is 6.18 Å². The predicted octanol–water partition coefficient (Wildman–Crippen LogP) is 7.22. The average molecular weight is 644 g/mol. The van der Waals surface area contributed by atoms with Gasteiger partial charge in [-0.25, -0.2) is 0 Å². The molecular formula is C24H14ClF3IN3O5. The van der Waals surface area contributed by atoms with E-state index in [4.69, 9.17) is 21.1 Å². The fourth-order valence-corrected chi connectivity index (χ4v) is 3.96. The second-order valence-corrected chi connectivity index (χ2v) is 8.81. The first-order valence-corrected chi connectivity index (χ1v) is 11.5. The Hall–Kier alpha value is -3.83. The van der Waals surface area contributed by atoms with Gasteiger partial charge in [0.15, 0.2) is 11.5 Å². The first-order chi connectivity index (χ1) is 17.4. The molecule has 3 rings (SSSR count). The largest absolute Gasteiger partial charge is 0.493 e. The van der Waals surface area contributed by atoms with E-state index in [0.29, 0.717) is 32.0 Å². The number of benzene rings is 3. The van der Waals surface area contributed by atoms with Crippen molar-refractivity contribution in [3.05, 3.63) is 90.0 Å². The molecule has 0 aliphatic rings. The van der Waals surface area contributed by atoms with Crippen LogP contribution in [0.15, 0.2) is 60.2 Å². The Morgan fingerprint density at radius 1 is 1.19 bits per heavy atom. The molecule has 0 aliphatic heterocycles. The van der Waals surface area contributed by atoms with Crippen LogP contribution < -0.4 is 14.8 Å². The van der Waals surface area contributed by atoms with E-state index >= 15 is 0 Å². The van der Waals surface area contributed by atoms with E-state index in [9.17, 15) is 33.3 Å². The highest BCUT2D eigenvalue weighted by atomic mass is 127. The highest BCUT2D eigenvalue weighted by molar-refractivity contribution is 14.1. The molecule has 0 aliphatic carbocycles. The number of nitriles is 1. The zero-order chi connectivity index (χ0) is 27.3. The third kappa shape index (κ3) is 6.89. The van der Waals surface area contributed by atoms with Gasteiger partial charge in [0.2, 0.25) is 5.75 Å². The van der Waals surface area contributed by atoms with Crippen molar-refractivity contribution in [3.8, 4) is 23.3 Å². The summed E-state index contributed by atoms with van der Waals surface area (Å²) in [6.45, 7) is 0. The second kappa shape index (κ2) is 11.5. The normalized spacial score (nSPS) is 11.4. The zero-order valence-electron chi connectivity index (χ0n) is 18.6. The molecule has 0 saturated carbocycles. The van der Waals surface area contributed by atoms with Crippen molar-refractivity contribution in [3.63, 3.8) is 0 Å². The van der Waals surface area contributed by atoms with E-state index in [2.05, 4.69) is 5.32 Å². The van der Waals surface area contributed by atoms with Gasteiger partial charge < -0.3 is 14.8 Å². The lowest BCUT2D eigenvalue weighted by atomic mass is 10.1. The number of methoxy groups -OCH3 is 1. The molecule has 8 nitrogen and oxygen atoms in total. The van der Waals surface area contributed by atoms with Crippen molar-refractivity contribution in [1.29, 1.82) is 5.26 Å². The summed E-state index contributed by atoms with van der Waals surface area (Å²) in [6, 6.07) is 12.9.